The highest BCUT2D eigenvalue weighted by Gasteiger charge is 2.18. The lowest BCUT2D eigenvalue weighted by Crippen LogP contribution is -2.39. The van der Waals surface area contributed by atoms with Gasteiger partial charge in [0.2, 0.25) is 0 Å². The van der Waals surface area contributed by atoms with Crippen LogP contribution in [0.1, 0.15) is 90.9 Å². The van der Waals surface area contributed by atoms with Crippen LogP contribution in [0, 0.1) is 0 Å². The van der Waals surface area contributed by atoms with Crippen LogP contribution in [0.5, 0.6) is 0 Å². The first-order chi connectivity index (χ1) is 9.70. The average molecular weight is 279 g/mol. The first-order valence-corrected chi connectivity index (χ1v) is 8.79. The van der Waals surface area contributed by atoms with E-state index in [9.17, 15) is 0 Å². The molecule has 0 saturated carbocycles. The normalized spacial score (nSPS) is 11.4. The van der Waals surface area contributed by atoms with Gasteiger partial charge in [0.25, 0.3) is 5.82 Å². The third-order valence-corrected chi connectivity index (χ3v) is 4.10. The summed E-state index contributed by atoms with van der Waals surface area (Å²) in [6.07, 6.45) is 16.6. The Kier molecular flexibility index (Phi) is 8.64. The van der Waals surface area contributed by atoms with Crippen molar-refractivity contribution in [2.75, 3.05) is 0 Å². The third-order valence-electron chi connectivity index (χ3n) is 4.10. The molecule has 0 saturated heterocycles. The van der Waals surface area contributed by atoms with Gasteiger partial charge in [0.1, 0.15) is 12.4 Å². The topological polar surface area (TPSA) is 8.81 Å². The van der Waals surface area contributed by atoms with E-state index < -0.39 is 0 Å². The van der Waals surface area contributed by atoms with Gasteiger partial charge in [-0.15, -0.1) is 0 Å². The maximum Gasteiger partial charge on any atom is 0.256 e. The van der Waals surface area contributed by atoms with Crippen LogP contribution in [0.2, 0.25) is 0 Å². The molecule has 0 aliphatic rings. The molecule has 1 rings (SSSR count). The summed E-state index contributed by atoms with van der Waals surface area (Å²) in [5, 5.41) is 0. The van der Waals surface area contributed by atoms with Crippen molar-refractivity contribution in [3.8, 4) is 0 Å². The second-order valence-corrected chi connectivity index (χ2v) is 6.28. The van der Waals surface area contributed by atoms with Crippen LogP contribution < -0.4 is 4.57 Å². The van der Waals surface area contributed by atoms with Crippen molar-refractivity contribution >= 4 is 0 Å². The number of unbranched alkanes of at least 4 members (excludes halogenated alkanes) is 6. The molecule has 1 heterocycles. The van der Waals surface area contributed by atoms with Crippen LogP contribution in [-0.2, 0) is 13.0 Å². The molecule has 0 aromatic carbocycles. The fraction of sp³-hybridized carbons (Fsp3) is 0.833. The molecule has 0 unspecified atom stereocenters. The summed E-state index contributed by atoms with van der Waals surface area (Å²) in [4.78, 5) is 0. The fourth-order valence-corrected chi connectivity index (χ4v) is 2.84. The maximum atomic E-state index is 2.50. The van der Waals surface area contributed by atoms with Crippen molar-refractivity contribution in [2.24, 2.45) is 0 Å². The van der Waals surface area contributed by atoms with E-state index in [4.69, 9.17) is 0 Å². The SMILES string of the molecule is CCCCCCCn1cc[n+](C(C)C)c1CCCCC. The van der Waals surface area contributed by atoms with Crippen molar-refractivity contribution in [2.45, 2.75) is 98.1 Å². The molecule has 1 aromatic heterocycles. The standard InChI is InChI=1S/C18H35N2/c1-5-7-9-10-12-14-19-15-16-20(17(3)4)18(19)13-11-8-6-2/h15-17H,5-14H2,1-4H3/q+1. The molecule has 20 heavy (non-hydrogen) atoms. The predicted octanol–water partition coefficient (Wildman–Crippen LogP) is 5.06. The minimum absolute atomic E-state index is 0.577. The highest BCUT2D eigenvalue weighted by atomic mass is 15.2. The Bertz CT molecular complexity index is 352. The molecule has 0 bridgehead atoms. The Morgan fingerprint density at radius 3 is 2.25 bits per heavy atom. The van der Waals surface area contributed by atoms with Gasteiger partial charge in [-0.1, -0.05) is 46.0 Å². The van der Waals surface area contributed by atoms with E-state index in [0.29, 0.717) is 6.04 Å². The van der Waals surface area contributed by atoms with Crippen molar-refractivity contribution in [3.63, 3.8) is 0 Å². The van der Waals surface area contributed by atoms with Crippen LogP contribution in [0.15, 0.2) is 12.4 Å². The Balaban J connectivity index is 2.54. The minimum atomic E-state index is 0.577. The Hall–Kier alpha value is -0.790. The summed E-state index contributed by atoms with van der Waals surface area (Å²) in [6.45, 7) is 10.3. The van der Waals surface area contributed by atoms with E-state index in [1.54, 1.807) is 0 Å². The largest absolute Gasteiger partial charge is 0.256 e. The maximum absolute atomic E-state index is 2.50. The molecule has 0 radical (unpaired) electrons. The number of hydrogen-bond donors (Lipinski definition) is 0. The van der Waals surface area contributed by atoms with E-state index in [0.717, 1.165) is 0 Å². The molecule has 0 atom stereocenters. The summed E-state index contributed by atoms with van der Waals surface area (Å²) in [6, 6.07) is 0.577. The van der Waals surface area contributed by atoms with Crippen molar-refractivity contribution in [3.05, 3.63) is 18.2 Å². The first kappa shape index (κ1) is 17.3. The van der Waals surface area contributed by atoms with Crippen LogP contribution in [0.3, 0.4) is 0 Å². The highest BCUT2D eigenvalue weighted by molar-refractivity contribution is 4.85. The van der Waals surface area contributed by atoms with Gasteiger partial charge in [0.15, 0.2) is 0 Å². The zero-order chi connectivity index (χ0) is 14.8. The summed E-state index contributed by atoms with van der Waals surface area (Å²) in [5.74, 6) is 1.53. The number of imidazole rings is 1. The number of hydrogen-bond acceptors (Lipinski definition) is 0. The number of aryl methyl sites for hydroxylation is 1. The lowest BCUT2D eigenvalue weighted by Gasteiger charge is -2.07. The minimum Gasteiger partial charge on any atom is -0.234 e. The zero-order valence-electron chi connectivity index (χ0n) is 14.2. The van der Waals surface area contributed by atoms with Gasteiger partial charge in [-0.2, -0.15) is 0 Å². The Labute approximate surface area is 126 Å². The lowest BCUT2D eigenvalue weighted by atomic mass is 10.1. The Morgan fingerprint density at radius 2 is 1.60 bits per heavy atom. The molecular formula is C18H35N2+. The molecule has 0 fully saturated rings. The number of rotatable bonds is 11. The molecule has 0 spiro atoms. The molecular weight excluding hydrogens is 244 g/mol. The average Bonchev–Trinajstić information content (AvgIpc) is 2.82. The van der Waals surface area contributed by atoms with Gasteiger partial charge < -0.3 is 0 Å². The smallest absolute Gasteiger partial charge is 0.234 e. The van der Waals surface area contributed by atoms with Crippen molar-refractivity contribution in [1.82, 2.24) is 4.57 Å². The molecule has 0 aliphatic carbocycles. The zero-order valence-corrected chi connectivity index (χ0v) is 14.2. The molecule has 2 heteroatoms. The van der Waals surface area contributed by atoms with Gasteiger partial charge in [0, 0.05) is 6.42 Å². The predicted molar refractivity (Wildman–Crippen MR) is 87.0 cm³/mol. The van der Waals surface area contributed by atoms with E-state index in [1.165, 1.54) is 70.2 Å². The van der Waals surface area contributed by atoms with Gasteiger partial charge >= 0.3 is 0 Å². The monoisotopic (exact) mass is 279 g/mol. The number of aromatic nitrogens is 2. The Morgan fingerprint density at radius 1 is 0.950 bits per heavy atom. The van der Waals surface area contributed by atoms with E-state index in [-0.39, 0.29) is 0 Å². The second kappa shape index (κ2) is 10.0. The summed E-state index contributed by atoms with van der Waals surface area (Å²) in [5.41, 5.74) is 0. The molecule has 0 N–H and O–H groups in total. The highest BCUT2D eigenvalue weighted by Crippen LogP contribution is 2.10. The van der Waals surface area contributed by atoms with E-state index in [2.05, 4.69) is 49.2 Å². The van der Waals surface area contributed by atoms with E-state index >= 15 is 0 Å². The number of nitrogens with zero attached hydrogens (tertiary/aromatic N) is 2. The fourth-order valence-electron chi connectivity index (χ4n) is 2.84. The summed E-state index contributed by atoms with van der Waals surface area (Å²) in [7, 11) is 0. The van der Waals surface area contributed by atoms with Crippen LogP contribution in [0.4, 0.5) is 0 Å². The third kappa shape index (κ3) is 5.68. The quantitative estimate of drug-likeness (QED) is 0.395. The van der Waals surface area contributed by atoms with Gasteiger partial charge in [-0.25, -0.2) is 9.13 Å². The summed E-state index contributed by atoms with van der Waals surface area (Å²) < 4.78 is 4.96. The summed E-state index contributed by atoms with van der Waals surface area (Å²) >= 11 is 0. The molecule has 0 aliphatic heterocycles. The second-order valence-electron chi connectivity index (χ2n) is 6.28. The van der Waals surface area contributed by atoms with Crippen molar-refractivity contribution < 1.29 is 4.57 Å². The molecule has 0 amide bonds. The molecule has 2 nitrogen and oxygen atoms in total. The first-order valence-electron chi connectivity index (χ1n) is 8.79. The molecule has 116 valence electrons. The van der Waals surface area contributed by atoms with Crippen LogP contribution in [-0.4, -0.2) is 4.57 Å². The lowest BCUT2D eigenvalue weighted by molar-refractivity contribution is -0.722. The van der Waals surface area contributed by atoms with Crippen molar-refractivity contribution in [1.29, 1.82) is 0 Å². The van der Waals surface area contributed by atoms with Gasteiger partial charge in [0.05, 0.1) is 12.6 Å². The van der Waals surface area contributed by atoms with Gasteiger partial charge in [-0.05, 0) is 33.1 Å². The van der Waals surface area contributed by atoms with Gasteiger partial charge in [-0.3, -0.25) is 0 Å². The van der Waals surface area contributed by atoms with E-state index in [1.807, 2.05) is 0 Å². The van der Waals surface area contributed by atoms with Crippen LogP contribution in [0.25, 0.3) is 0 Å². The molecule has 1 aromatic rings. The van der Waals surface area contributed by atoms with Crippen LogP contribution >= 0.6 is 0 Å².